The van der Waals surface area contributed by atoms with Gasteiger partial charge in [0.15, 0.2) is 0 Å². The van der Waals surface area contributed by atoms with Crippen LogP contribution >= 0.6 is 0 Å². The van der Waals surface area contributed by atoms with Crippen LogP contribution in [0.15, 0.2) is 170 Å². The minimum Gasteiger partial charge on any atom is -0.310 e. The normalized spacial score (nSPS) is 11.3. The number of benzene rings is 7. The zero-order valence-electron chi connectivity index (χ0n) is 31.1. The van der Waals surface area contributed by atoms with Crippen LogP contribution in [0, 0.1) is 20.8 Å². The molecule has 0 aromatic heterocycles. The van der Waals surface area contributed by atoms with Crippen LogP contribution < -0.4 is 9.80 Å². The first kappa shape index (κ1) is 35.0. The summed E-state index contributed by atoms with van der Waals surface area (Å²) in [7, 11) is 0. The SMILES string of the molecule is CCc1ccccc1N(c1ccc(C)cc1)c1ccc(C=Cc2ccccc2C=Cc2ccc(N(c3ccc(C)cc3)c3ccccc3C)cc2)cc1. The summed E-state index contributed by atoms with van der Waals surface area (Å²) in [5, 5.41) is 0. The highest BCUT2D eigenvalue weighted by atomic mass is 15.1. The predicted molar refractivity (Wildman–Crippen MR) is 230 cm³/mol. The van der Waals surface area contributed by atoms with Crippen LogP contribution in [-0.2, 0) is 6.42 Å². The van der Waals surface area contributed by atoms with Gasteiger partial charge in [-0.15, -0.1) is 0 Å². The van der Waals surface area contributed by atoms with Gasteiger partial charge in [-0.2, -0.15) is 0 Å². The number of para-hydroxylation sites is 2. The van der Waals surface area contributed by atoms with Gasteiger partial charge in [0.2, 0.25) is 0 Å². The Morgan fingerprint density at radius 1 is 0.377 bits per heavy atom. The Bertz CT molecular complexity index is 2330. The van der Waals surface area contributed by atoms with E-state index in [1.807, 2.05) is 0 Å². The van der Waals surface area contributed by atoms with E-state index in [2.05, 4.69) is 232 Å². The fraction of sp³-hybridized carbons (Fsp3) is 0.0980. The number of rotatable bonds is 11. The van der Waals surface area contributed by atoms with Crippen molar-refractivity contribution in [3.05, 3.63) is 214 Å². The minimum absolute atomic E-state index is 0.971. The smallest absolute Gasteiger partial charge is 0.0493 e. The molecule has 0 radical (unpaired) electrons. The van der Waals surface area contributed by atoms with Crippen LogP contribution in [0.2, 0.25) is 0 Å². The van der Waals surface area contributed by atoms with E-state index in [0.717, 1.165) is 40.3 Å². The molecular formula is C51H46N2. The lowest BCUT2D eigenvalue weighted by Gasteiger charge is -2.27. The van der Waals surface area contributed by atoms with E-state index >= 15 is 0 Å². The summed E-state index contributed by atoms with van der Waals surface area (Å²) in [4.78, 5) is 4.69. The Labute approximate surface area is 315 Å². The van der Waals surface area contributed by atoms with Gasteiger partial charge in [0.05, 0.1) is 0 Å². The molecule has 0 saturated heterocycles. The number of aryl methyl sites for hydroxylation is 4. The third-order valence-electron chi connectivity index (χ3n) is 9.76. The van der Waals surface area contributed by atoms with E-state index in [1.165, 1.54) is 44.8 Å². The topological polar surface area (TPSA) is 6.48 Å². The van der Waals surface area contributed by atoms with Gasteiger partial charge in [-0.25, -0.2) is 0 Å². The van der Waals surface area contributed by atoms with Gasteiger partial charge in [-0.3, -0.25) is 0 Å². The fourth-order valence-electron chi connectivity index (χ4n) is 6.74. The molecule has 0 unspecified atom stereocenters. The van der Waals surface area contributed by atoms with Crippen LogP contribution in [-0.4, -0.2) is 0 Å². The summed E-state index contributed by atoms with van der Waals surface area (Å²) < 4.78 is 0. The highest BCUT2D eigenvalue weighted by Gasteiger charge is 2.16. The van der Waals surface area contributed by atoms with Crippen molar-refractivity contribution in [2.45, 2.75) is 34.1 Å². The largest absolute Gasteiger partial charge is 0.310 e. The lowest BCUT2D eigenvalue weighted by atomic mass is 10.0. The molecule has 2 nitrogen and oxygen atoms in total. The fourth-order valence-corrected chi connectivity index (χ4v) is 6.74. The zero-order chi connectivity index (χ0) is 36.6. The third-order valence-corrected chi connectivity index (χ3v) is 9.76. The molecule has 0 atom stereocenters. The molecule has 260 valence electrons. The summed E-state index contributed by atoms with van der Waals surface area (Å²) in [6.07, 6.45) is 9.79. The predicted octanol–water partition coefficient (Wildman–Crippen LogP) is 14.5. The van der Waals surface area contributed by atoms with Crippen LogP contribution in [0.5, 0.6) is 0 Å². The van der Waals surface area contributed by atoms with E-state index in [0.29, 0.717) is 0 Å². The highest BCUT2D eigenvalue weighted by molar-refractivity contribution is 5.83. The summed E-state index contributed by atoms with van der Waals surface area (Å²) in [6.45, 7) is 8.65. The van der Waals surface area contributed by atoms with Crippen molar-refractivity contribution < 1.29 is 0 Å². The van der Waals surface area contributed by atoms with E-state index < -0.39 is 0 Å². The molecule has 7 rings (SSSR count). The van der Waals surface area contributed by atoms with Crippen molar-refractivity contribution >= 4 is 58.4 Å². The van der Waals surface area contributed by atoms with Gasteiger partial charge < -0.3 is 9.80 Å². The molecule has 53 heavy (non-hydrogen) atoms. The molecule has 7 aromatic carbocycles. The van der Waals surface area contributed by atoms with Gasteiger partial charge in [-0.1, -0.05) is 152 Å². The maximum atomic E-state index is 2.36. The molecule has 0 spiro atoms. The zero-order valence-corrected chi connectivity index (χ0v) is 31.1. The van der Waals surface area contributed by atoms with Crippen molar-refractivity contribution in [2.75, 3.05) is 9.80 Å². The molecule has 0 aliphatic carbocycles. The molecule has 0 heterocycles. The molecular weight excluding hydrogens is 641 g/mol. The van der Waals surface area contributed by atoms with E-state index in [4.69, 9.17) is 0 Å². The molecule has 0 aliphatic rings. The maximum Gasteiger partial charge on any atom is 0.0493 e. The van der Waals surface area contributed by atoms with Crippen LogP contribution in [0.25, 0.3) is 24.3 Å². The molecule has 2 heteroatoms. The summed E-state index contributed by atoms with van der Waals surface area (Å²) >= 11 is 0. The minimum atomic E-state index is 0.971. The average Bonchev–Trinajstić information content (AvgIpc) is 3.20. The van der Waals surface area contributed by atoms with Gasteiger partial charge in [0.1, 0.15) is 0 Å². The maximum absolute atomic E-state index is 2.36. The average molecular weight is 687 g/mol. The number of hydrogen-bond donors (Lipinski definition) is 0. The van der Waals surface area contributed by atoms with E-state index in [1.54, 1.807) is 0 Å². The standard InChI is InChI=1S/C51H46N2/c1-5-43-13-9-11-17-51(43)53(47-32-20-39(3)21-33-47)49-36-26-42(27-37-49)23-29-45-15-8-7-14-44(45)28-22-41-24-34-48(35-25-41)52(46-30-18-38(2)19-31-46)50-16-10-6-12-40(50)4/h6-37H,5H2,1-4H3. The molecule has 0 N–H and O–H groups in total. The van der Waals surface area contributed by atoms with Crippen molar-refractivity contribution in [3.8, 4) is 0 Å². The van der Waals surface area contributed by atoms with Gasteiger partial charge in [0, 0.05) is 34.1 Å². The number of nitrogens with zero attached hydrogens (tertiary/aromatic N) is 2. The molecule has 0 bridgehead atoms. The molecule has 0 fully saturated rings. The highest BCUT2D eigenvalue weighted by Crippen LogP contribution is 2.38. The van der Waals surface area contributed by atoms with Crippen molar-refractivity contribution in [2.24, 2.45) is 0 Å². The first-order valence-electron chi connectivity index (χ1n) is 18.5. The molecule has 0 saturated carbocycles. The first-order chi connectivity index (χ1) is 26.0. The Balaban J connectivity index is 1.11. The second-order valence-corrected chi connectivity index (χ2v) is 13.6. The molecule has 7 aromatic rings. The summed E-state index contributed by atoms with van der Waals surface area (Å²) in [5.74, 6) is 0. The van der Waals surface area contributed by atoms with Gasteiger partial charge >= 0.3 is 0 Å². The Hall–Kier alpha value is -6.38. The molecule has 0 amide bonds. The molecule has 0 aliphatic heterocycles. The van der Waals surface area contributed by atoms with Gasteiger partial charge in [-0.05, 0) is 121 Å². The van der Waals surface area contributed by atoms with Crippen molar-refractivity contribution in [1.82, 2.24) is 0 Å². The summed E-state index contributed by atoms with van der Waals surface area (Å²) in [6, 6.07) is 61.0. The van der Waals surface area contributed by atoms with Crippen LogP contribution in [0.3, 0.4) is 0 Å². The van der Waals surface area contributed by atoms with E-state index in [-0.39, 0.29) is 0 Å². The number of anilines is 6. The van der Waals surface area contributed by atoms with E-state index in [9.17, 15) is 0 Å². The summed E-state index contributed by atoms with van der Waals surface area (Å²) in [5.41, 5.74) is 16.7. The third kappa shape index (κ3) is 8.24. The quantitative estimate of drug-likeness (QED) is 0.125. The monoisotopic (exact) mass is 686 g/mol. The second-order valence-electron chi connectivity index (χ2n) is 13.6. The van der Waals surface area contributed by atoms with Crippen LogP contribution in [0.1, 0.15) is 51.4 Å². The first-order valence-corrected chi connectivity index (χ1v) is 18.5. The van der Waals surface area contributed by atoms with Gasteiger partial charge in [0.25, 0.3) is 0 Å². The number of hydrogen-bond acceptors (Lipinski definition) is 2. The van der Waals surface area contributed by atoms with Crippen molar-refractivity contribution in [1.29, 1.82) is 0 Å². The van der Waals surface area contributed by atoms with Crippen LogP contribution in [0.4, 0.5) is 34.1 Å². The Morgan fingerprint density at radius 2 is 0.755 bits per heavy atom. The van der Waals surface area contributed by atoms with Crippen molar-refractivity contribution in [3.63, 3.8) is 0 Å². The Morgan fingerprint density at radius 3 is 1.21 bits per heavy atom. The Kier molecular flexibility index (Phi) is 10.8. The second kappa shape index (κ2) is 16.3. The lowest BCUT2D eigenvalue weighted by Crippen LogP contribution is -2.12. The lowest BCUT2D eigenvalue weighted by molar-refractivity contribution is 1.11.